The van der Waals surface area contributed by atoms with Gasteiger partial charge >= 0.3 is 0 Å². The van der Waals surface area contributed by atoms with Crippen LogP contribution in [0.5, 0.6) is 11.5 Å². The van der Waals surface area contributed by atoms with Crippen LogP contribution in [-0.4, -0.2) is 17.9 Å². The van der Waals surface area contributed by atoms with E-state index in [0.29, 0.717) is 29.3 Å². The molecule has 1 heterocycles. The largest absolute Gasteiger partial charge is 0.457 e. The maximum atomic E-state index is 13.4. The van der Waals surface area contributed by atoms with Crippen molar-refractivity contribution >= 4 is 23.2 Å². The van der Waals surface area contributed by atoms with E-state index in [4.69, 9.17) is 4.74 Å². The minimum atomic E-state index is -0.647. The molecule has 1 fully saturated rings. The number of hydrogen-bond donors (Lipinski definition) is 1. The smallest absolute Gasteiger partial charge is 0.247 e. The molecule has 0 aromatic heterocycles. The summed E-state index contributed by atoms with van der Waals surface area (Å²) in [5.74, 6) is 0.445. The number of benzene rings is 3. The van der Waals surface area contributed by atoms with Crippen molar-refractivity contribution in [2.45, 2.75) is 18.9 Å². The first-order valence-corrected chi connectivity index (χ1v) is 9.31. The molecule has 146 valence electrons. The number of hydrogen-bond acceptors (Lipinski definition) is 3. The van der Waals surface area contributed by atoms with Crippen LogP contribution < -0.4 is 15.0 Å². The number of nitrogens with zero attached hydrogens (tertiary/aromatic N) is 1. The lowest BCUT2D eigenvalue weighted by Crippen LogP contribution is -2.41. The van der Waals surface area contributed by atoms with Crippen molar-refractivity contribution in [2.75, 3.05) is 10.2 Å². The van der Waals surface area contributed by atoms with E-state index in [0.717, 1.165) is 0 Å². The fourth-order valence-corrected chi connectivity index (χ4v) is 3.35. The molecule has 1 unspecified atom stereocenters. The topological polar surface area (TPSA) is 58.6 Å². The lowest BCUT2D eigenvalue weighted by atomic mass is 10.1. The molecule has 1 aliphatic heterocycles. The molecule has 1 atom stereocenters. The minimum Gasteiger partial charge on any atom is -0.457 e. The Morgan fingerprint density at radius 3 is 2.41 bits per heavy atom. The van der Waals surface area contributed by atoms with Crippen LogP contribution in [0.15, 0.2) is 78.9 Å². The van der Waals surface area contributed by atoms with Crippen molar-refractivity contribution in [1.29, 1.82) is 0 Å². The SMILES string of the molecule is O=C(Nc1cccc(F)c1)C1CCC(=O)N1c1ccc(Oc2ccccc2)cc1. The van der Waals surface area contributed by atoms with Crippen molar-refractivity contribution < 1.29 is 18.7 Å². The monoisotopic (exact) mass is 390 g/mol. The summed E-state index contributed by atoms with van der Waals surface area (Å²) in [6, 6.07) is 21.4. The van der Waals surface area contributed by atoms with Crippen molar-refractivity contribution in [1.82, 2.24) is 0 Å². The second kappa shape index (κ2) is 8.14. The predicted octanol–water partition coefficient (Wildman–Crippen LogP) is 4.75. The number of nitrogens with one attached hydrogen (secondary N) is 1. The number of anilines is 2. The lowest BCUT2D eigenvalue weighted by molar-refractivity contribution is -0.120. The van der Waals surface area contributed by atoms with Gasteiger partial charge in [-0.15, -0.1) is 0 Å². The summed E-state index contributed by atoms with van der Waals surface area (Å²) < 4.78 is 19.1. The molecule has 5 nitrogen and oxygen atoms in total. The Morgan fingerprint density at radius 2 is 1.69 bits per heavy atom. The van der Waals surface area contributed by atoms with Gasteiger partial charge in [-0.25, -0.2) is 4.39 Å². The number of para-hydroxylation sites is 1. The van der Waals surface area contributed by atoms with Crippen LogP contribution in [0.2, 0.25) is 0 Å². The Morgan fingerprint density at radius 1 is 0.966 bits per heavy atom. The van der Waals surface area contributed by atoms with Gasteiger partial charge in [0.05, 0.1) is 0 Å². The van der Waals surface area contributed by atoms with E-state index in [9.17, 15) is 14.0 Å². The summed E-state index contributed by atoms with van der Waals surface area (Å²) in [5, 5.41) is 2.69. The predicted molar refractivity (Wildman–Crippen MR) is 108 cm³/mol. The average Bonchev–Trinajstić information content (AvgIpc) is 3.11. The summed E-state index contributed by atoms with van der Waals surface area (Å²) in [6.07, 6.45) is 0.686. The highest BCUT2D eigenvalue weighted by atomic mass is 19.1. The van der Waals surface area contributed by atoms with Crippen LogP contribution in [0, 0.1) is 5.82 Å². The summed E-state index contributed by atoms with van der Waals surface area (Å²) >= 11 is 0. The number of carbonyl (C=O) groups is 2. The van der Waals surface area contributed by atoms with E-state index in [-0.39, 0.29) is 18.2 Å². The number of ether oxygens (including phenoxy) is 1. The molecule has 4 rings (SSSR count). The van der Waals surface area contributed by atoms with E-state index in [1.165, 1.54) is 23.1 Å². The molecule has 2 amide bonds. The lowest BCUT2D eigenvalue weighted by Gasteiger charge is -2.24. The Kier molecular flexibility index (Phi) is 5.24. The average molecular weight is 390 g/mol. The molecule has 1 saturated heterocycles. The third-order valence-electron chi connectivity index (χ3n) is 4.70. The fraction of sp³-hybridized carbons (Fsp3) is 0.130. The molecule has 3 aromatic carbocycles. The molecule has 6 heteroatoms. The van der Waals surface area contributed by atoms with Gasteiger partial charge in [0.1, 0.15) is 23.4 Å². The summed E-state index contributed by atoms with van der Waals surface area (Å²) in [5.41, 5.74) is 0.980. The first-order chi connectivity index (χ1) is 14.1. The van der Waals surface area contributed by atoms with Gasteiger partial charge in [-0.1, -0.05) is 24.3 Å². The molecule has 0 saturated carbocycles. The second-order valence-electron chi connectivity index (χ2n) is 6.73. The Bertz CT molecular complexity index is 1020. The third kappa shape index (κ3) is 4.27. The van der Waals surface area contributed by atoms with Crippen LogP contribution in [0.1, 0.15) is 12.8 Å². The highest BCUT2D eigenvalue weighted by Gasteiger charge is 2.37. The number of halogens is 1. The van der Waals surface area contributed by atoms with E-state index in [2.05, 4.69) is 5.32 Å². The Hall–Kier alpha value is -3.67. The number of carbonyl (C=O) groups excluding carboxylic acids is 2. The zero-order valence-corrected chi connectivity index (χ0v) is 15.5. The molecule has 3 aromatic rings. The third-order valence-corrected chi connectivity index (χ3v) is 4.70. The Balaban J connectivity index is 1.49. The zero-order chi connectivity index (χ0) is 20.2. The fourth-order valence-electron chi connectivity index (χ4n) is 3.35. The zero-order valence-electron chi connectivity index (χ0n) is 15.5. The summed E-state index contributed by atoms with van der Waals surface area (Å²) in [4.78, 5) is 26.6. The highest BCUT2D eigenvalue weighted by Crippen LogP contribution is 2.30. The van der Waals surface area contributed by atoms with Gasteiger partial charge in [-0.3, -0.25) is 14.5 Å². The highest BCUT2D eigenvalue weighted by molar-refractivity contribution is 6.07. The molecule has 0 radical (unpaired) electrons. The first kappa shape index (κ1) is 18.7. The van der Waals surface area contributed by atoms with Crippen LogP contribution in [0.4, 0.5) is 15.8 Å². The van der Waals surface area contributed by atoms with Gasteiger partial charge in [-0.2, -0.15) is 0 Å². The van der Waals surface area contributed by atoms with E-state index >= 15 is 0 Å². The van der Waals surface area contributed by atoms with Crippen LogP contribution in [0.3, 0.4) is 0 Å². The number of amides is 2. The minimum absolute atomic E-state index is 0.124. The standard InChI is InChI=1S/C23H19FN2O3/c24-16-5-4-6-17(15-16)25-23(28)21-13-14-22(27)26(21)18-9-11-20(12-10-18)29-19-7-2-1-3-8-19/h1-12,15,21H,13-14H2,(H,25,28). The van der Waals surface area contributed by atoms with Gasteiger partial charge in [0.15, 0.2) is 0 Å². The molecular formula is C23H19FN2O3. The second-order valence-corrected chi connectivity index (χ2v) is 6.73. The van der Waals surface area contributed by atoms with Gasteiger partial charge < -0.3 is 10.1 Å². The van der Waals surface area contributed by atoms with Crippen LogP contribution in [-0.2, 0) is 9.59 Å². The normalized spacial score (nSPS) is 16.0. The van der Waals surface area contributed by atoms with E-state index in [1.807, 2.05) is 30.3 Å². The molecule has 1 aliphatic rings. The molecule has 0 spiro atoms. The van der Waals surface area contributed by atoms with Crippen molar-refractivity contribution in [3.8, 4) is 11.5 Å². The van der Waals surface area contributed by atoms with Gasteiger partial charge in [0.2, 0.25) is 11.8 Å². The van der Waals surface area contributed by atoms with Crippen molar-refractivity contribution in [3.05, 3.63) is 84.7 Å². The maximum absolute atomic E-state index is 13.4. The summed E-state index contributed by atoms with van der Waals surface area (Å²) in [7, 11) is 0. The molecule has 0 aliphatic carbocycles. The Labute approximate surface area is 167 Å². The quantitative estimate of drug-likeness (QED) is 0.684. The number of rotatable bonds is 5. The maximum Gasteiger partial charge on any atom is 0.247 e. The molecular weight excluding hydrogens is 371 g/mol. The van der Waals surface area contributed by atoms with Crippen LogP contribution in [0.25, 0.3) is 0 Å². The van der Waals surface area contributed by atoms with Crippen molar-refractivity contribution in [2.24, 2.45) is 0 Å². The summed E-state index contributed by atoms with van der Waals surface area (Å²) in [6.45, 7) is 0. The first-order valence-electron chi connectivity index (χ1n) is 9.31. The van der Waals surface area contributed by atoms with Gasteiger partial charge in [-0.05, 0) is 61.0 Å². The van der Waals surface area contributed by atoms with Gasteiger partial charge in [0.25, 0.3) is 0 Å². The molecule has 1 N–H and O–H groups in total. The van der Waals surface area contributed by atoms with Crippen molar-refractivity contribution in [3.63, 3.8) is 0 Å². The molecule has 0 bridgehead atoms. The van der Waals surface area contributed by atoms with E-state index in [1.54, 1.807) is 30.3 Å². The van der Waals surface area contributed by atoms with E-state index < -0.39 is 11.9 Å². The molecule has 29 heavy (non-hydrogen) atoms. The van der Waals surface area contributed by atoms with Gasteiger partial charge in [0, 0.05) is 17.8 Å². The van der Waals surface area contributed by atoms with Crippen LogP contribution >= 0.6 is 0 Å².